The van der Waals surface area contributed by atoms with Crippen LogP contribution < -0.4 is 4.72 Å². The number of esters is 1. The Labute approximate surface area is 160 Å². The number of ether oxygens (including phenoxy) is 3. The van der Waals surface area contributed by atoms with Crippen LogP contribution in [-0.4, -0.2) is 45.2 Å². The predicted molar refractivity (Wildman–Crippen MR) is 99.1 cm³/mol. The van der Waals surface area contributed by atoms with Crippen LogP contribution in [0.5, 0.6) is 0 Å². The maximum atomic E-state index is 13.0. The Morgan fingerprint density at radius 3 is 2.69 bits per heavy atom. The second-order valence-electron chi connectivity index (χ2n) is 5.98. The van der Waals surface area contributed by atoms with Crippen molar-refractivity contribution < 1.29 is 27.4 Å². The van der Waals surface area contributed by atoms with E-state index in [9.17, 15) is 13.2 Å². The summed E-state index contributed by atoms with van der Waals surface area (Å²) in [6.07, 6.45) is 1.99. The number of rotatable bonds is 5. The summed E-state index contributed by atoms with van der Waals surface area (Å²) in [4.78, 5) is 12.4. The number of nitrogens with one attached hydrogen (secondary N) is 1. The third-order valence-corrected chi connectivity index (χ3v) is 6.70. The molecule has 0 aromatic heterocycles. The van der Waals surface area contributed by atoms with Crippen LogP contribution in [0, 0.1) is 0 Å². The highest BCUT2D eigenvalue weighted by atomic mass is 79.9. The summed E-state index contributed by atoms with van der Waals surface area (Å²) in [5.74, 6) is -1.71. The molecule has 1 heterocycles. The van der Waals surface area contributed by atoms with E-state index >= 15 is 0 Å². The zero-order valence-electron chi connectivity index (χ0n) is 14.2. The topological polar surface area (TPSA) is 90.9 Å². The van der Waals surface area contributed by atoms with Crippen molar-refractivity contribution in [2.24, 2.45) is 0 Å². The number of hydrogen-bond donors (Lipinski definition) is 1. The monoisotopic (exact) mass is 445 g/mol. The molecule has 1 N–H and O–H groups in total. The molecule has 3 rings (SSSR count). The van der Waals surface area contributed by atoms with Gasteiger partial charge >= 0.3 is 5.97 Å². The molecule has 0 saturated carbocycles. The van der Waals surface area contributed by atoms with Crippen LogP contribution in [0.1, 0.15) is 19.8 Å². The third-order valence-electron chi connectivity index (χ3n) is 4.27. The zero-order valence-corrected chi connectivity index (χ0v) is 16.6. The van der Waals surface area contributed by atoms with E-state index in [2.05, 4.69) is 20.7 Å². The second kappa shape index (κ2) is 7.67. The van der Waals surface area contributed by atoms with Gasteiger partial charge < -0.3 is 14.2 Å². The Kier molecular flexibility index (Phi) is 5.71. The Hall–Kier alpha value is -1.42. The normalized spacial score (nSPS) is 22.1. The van der Waals surface area contributed by atoms with Gasteiger partial charge in [0, 0.05) is 10.9 Å². The number of halogens is 1. The van der Waals surface area contributed by atoms with E-state index in [1.54, 1.807) is 31.2 Å². The van der Waals surface area contributed by atoms with Gasteiger partial charge in [0.15, 0.2) is 5.79 Å². The maximum absolute atomic E-state index is 13.0. The molecule has 1 unspecified atom stereocenters. The van der Waals surface area contributed by atoms with Gasteiger partial charge in [-0.25, -0.2) is 13.2 Å². The van der Waals surface area contributed by atoms with Crippen LogP contribution >= 0.6 is 15.9 Å². The van der Waals surface area contributed by atoms with Crippen molar-refractivity contribution in [3.8, 4) is 0 Å². The van der Waals surface area contributed by atoms with E-state index in [4.69, 9.17) is 14.2 Å². The van der Waals surface area contributed by atoms with Gasteiger partial charge in [0.25, 0.3) is 0 Å². The molecule has 26 heavy (non-hydrogen) atoms. The summed E-state index contributed by atoms with van der Waals surface area (Å²) in [5.41, 5.74) is 0.448. The highest BCUT2D eigenvalue weighted by molar-refractivity contribution is 9.10. The highest BCUT2D eigenvalue weighted by Gasteiger charge is 2.46. The fraction of sp³-hybridized carbons (Fsp3) is 0.471. The minimum absolute atomic E-state index is 0.0413. The summed E-state index contributed by atoms with van der Waals surface area (Å²) >= 11 is 3.32. The van der Waals surface area contributed by atoms with Crippen LogP contribution in [0.2, 0.25) is 0 Å². The molecule has 9 heteroatoms. The minimum Gasteiger partial charge on any atom is -0.463 e. The molecule has 142 valence electrons. The van der Waals surface area contributed by atoms with Crippen LogP contribution in [-0.2, 0) is 29.0 Å². The van der Waals surface area contributed by atoms with Gasteiger partial charge in [-0.05, 0) is 47.5 Å². The number of anilines is 1. The van der Waals surface area contributed by atoms with Crippen molar-refractivity contribution in [1.82, 2.24) is 0 Å². The maximum Gasteiger partial charge on any atom is 0.335 e. The van der Waals surface area contributed by atoms with Gasteiger partial charge in [0.2, 0.25) is 10.0 Å². The van der Waals surface area contributed by atoms with Crippen LogP contribution in [0.3, 0.4) is 0 Å². The van der Waals surface area contributed by atoms with Gasteiger partial charge in [0.05, 0.1) is 31.1 Å². The Balaban J connectivity index is 1.93. The molecule has 1 atom stereocenters. The van der Waals surface area contributed by atoms with Crippen LogP contribution in [0.4, 0.5) is 5.69 Å². The largest absolute Gasteiger partial charge is 0.463 e. The van der Waals surface area contributed by atoms with Crippen molar-refractivity contribution in [2.45, 2.75) is 30.8 Å². The van der Waals surface area contributed by atoms with Crippen molar-refractivity contribution >= 4 is 37.6 Å². The van der Waals surface area contributed by atoms with E-state index in [-0.39, 0.29) is 18.6 Å². The number of carbonyl (C=O) groups excluding carboxylic acids is 1. The predicted octanol–water partition coefficient (Wildman–Crippen LogP) is 2.59. The summed E-state index contributed by atoms with van der Waals surface area (Å²) < 4.78 is 45.4. The smallest absolute Gasteiger partial charge is 0.335 e. The molecule has 1 saturated heterocycles. The van der Waals surface area contributed by atoms with E-state index in [1.807, 2.05) is 0 Å². The molecule has 1 aromatic carbocycles. The minimum atomic E-state index is -3.88. The van der Waals surface area contributed by atoms with E-state index in [1.165, 1.54) is 6.08 Å². The third kappa shape index (κ3) is 3.95. The van der Waals surface area contributed by atoms with Gasteiger partial charge in [-0.3, -0.25) is 4.72 Å². The first-order chi connectivity index (χ1) is 12.4. The lowest BCUT2D eigenvalue weighted by atomic mass is 9.94. The first-order valence-corrected chi connectivity index (χ1v) is 10.6. The summed E-state index contributed by atoms with van der Waals surface area (Å²) in [6.45, 7) is 2.62. The lowest BCUT2D eigenvalue weighted by Gasteiger charge is -2.33. The van der Waals surface area contributed by atoms with Crippen molar-refractivity contribution in [3.63, 3.8) is 0 Å². The molecule has 7 nitrogen and oxygen atoms in total. The van der Waals surface area contributed by atoms with Crippen molar-refractivity contribution in [3.05, 3.63) is 40.4 Å². The SMILES string of the molecule is CCOC(=O)C1=CC2(CCC1S(=O)(=O)Nc1ccccc1Br)OCCO2. The lowest BCUT2D eigenvalue weighted by Crippen LogP contribution is -2.42. The molecule has 1 aliphatic heterocycles. The fourth-order valence-electron chi connectivity index (χ4n) is 3.08. The number of hydrogen-bond acceptors (Lipinski definition) is 6. The molecule has 0 radical (unpaired) electrons. The number of benzene rings is 1. The summed E-state index contributed by atoms with van der Waals surface area (Å²) in [7, 11) is -3.88. The van der Waals surface area contributed by atoms with Gasteiger partial charge in [-0.1, -0.05) is 12.1 Å². The number of sulfonamides is 1. The molecular weight excluding hydrogens is 426 g/mol. The molecule has 1 aliphatic carbocycles. The summed E-state index contributed by atoms with van der Waals surface area (Å²) in [5, 5.41) is -1.05. The second-order valence-corrected chi connectivity index (χ2v) is 8.70. The van der Waals surface area contributed by atoms with E-state index in [0.717, 1.165) is 0 Å². The molecular formula is C17H20BrNO6S. The van der Waals surface area contributed by atoms with Crippen molar-refractivity contribution in [1.29, 1.82) is 0 Å². The average Bonchev–Trinajstić information content (AvgIpc) is 3.04. The summed E-state index contributed by atoms with van der Waals surface area (Å²) in [6, 6.07) is 6.88. The molecule has 1 fully saturated rings. The molecule has 0 amide bonds. The van der Waals surface area contributed by atoms with Crippen molar-refractivity contribution in [2.75, 3.05) is 24.5 Å². The average molecular weight is 446 g/mol. The standard InChI is InChI=1S/C17H20BrNO6S/c1-2-23-16(20)12-11-17(24-9-10-25-17)8-7-15(12)26(21,22)19-14-6-4-3-5-13(14)18/h3-6,11,15,19H,2,7-10H2,1H3. The molecule has 2 aliphatic rings. The number of carbonyl (C=O) groups is 1. The van der Waals surface area contributed by atoms with E-state index in [0.29, 0.717) is 29.8 Å². The first-order valence-electron chi connectivity index (χ1n) is 8.31. The Morgan fingerprint density at radius 2 is 2.04 bits per heavy atom. The van der Waals surface area contributed by atoms with Gasteiger partial charge in [-0.15, -0.1) is 0 Å². The Morgan fingerprint density at radius 1 is 1.35 bits per heavy atom. The highest BCUT2D eigenvalue weighted by Crippen LogP contribution is 2.38. The number of para-hydroxylation sites is 1. The van der Waals surface area contributed by atoms with Crippen LogP contribution in [0.25, 0.3) is 0 Å². The van der Waals surface area contributed by atoms with Crippen LogP contribution in [0.15, 0.2) is 40.4 Å². The zero-order chi connectivity index (χ0) is 18.8. The Bertz CT molecular complexity index is 816. The van der Waals surface area contributed by atoms with Gasteiger partial charge in [-0.2, -0.15) is 0 Å². The lowest BCUT2D eigenvalue weighted by molar-refractivity contribution is -0.143. The first kappa shape index (κ1) is 19.3. The molecule has 1 aromatic rings. The fourth-order valence-corrected chi connectivity index (χ4v) is 5.15. The van der Waals surface area contributed by atoms with E-state index < -0.39 is 27.0 Å². The molecule has 0 bridgehead atoms. The quantitative estimate of drug-likeness (QED) is 0.700. The van der Waals surface area contributed by atoms with Gasteiger partial charge in [0.1, 0.15) is 5.25 Å². The molecule has 1 spiro atoms.